The number of aliphatic hydroxyl groups is 1. The Hall–Kier alpha value is -0.240. The lowest BCUT2D eigenvalue weighted by Gasteiger charge is -2.24. The molecule has 2 saturated heterocycles. The number of thioether (sulfide) groups is 2. The van der Waals surface area contributed by atoms with E-state index < -0.39 is 0 Å². The van der Waals surface area contributed by atoms with Gasteiger partial charge in [0.2, 0.25) is 5.89 Å². The van der Waals surface area contributed by atoms with Gasteiger partial charge in [0.05, 0.1) is 17.4 Å². The molecule has 2 N–H and O–H groups in total. The molecule has 0 spiro atoms. The van der Waals surface area contributed by atoms with Crippen molar-refractivity contribution >= 4 is 23.5 Å². The van der Waals surface area contributed by atoms with Gasteiger partial charge in [-0.2, -0.15) is 16.7 Å². The van der Waals surface area contributed by atoms with Crippen LogP contribution >= 0.6 is 23.5 Å². The van der Waals surface area contributed by atoms with Crippen LogP contribution in [0.1, 0.15) is 36.4 Å². The summed E-state index contributed by atoms with van der Waals surface area (Å²) < 4.78 is 5.34. The largest absolute Gasteiger partial charge is 0.392 e. The second kappa shape index (κ2) is 5.40. The molecule has 2 aliphatic rings. The van der Waals surface area contributed by atoms with E-state index in [9.17, 15) is 5.11 Å². The molecule has 0 amide bonds. The number of hydrogen-bond donors (Lipinski definition) is 2. The quantitative estimate of drug-likeness (QED) is 0.851. The lowest BCUT2D eigenvalue weighted by atomic mass is 10.2. The fraction of sp³-hybridized carbons (Fsp3) is 0.818. The van der Waals surface area contributed by atoms with Gasteiger partial charge in [0.15, 0.2) is 5.82 Å². The topological polar surface area (TPSA) is 71.2 Å². The van der Waals surface area contributed by atoms with Crippen LogP contribution < -0.4 is 5.32 Å². The second-order valence-electron chi connectivity index (χ2n) is 4.71. The number of rotatable bonds is 2. The third kappa shape index (κ3) is 2.54. The molecule has 18 heavy (non-hydrogen) atoms. The van der Waals surface area contributed by atoms with Gasteiger partial charge < -0.3 is 14.9 Å². The number of aromatic nitrogens is 2. The Morgan fingerprint density at radius 1 is 1.39 bits per heavy atom. The average molecular weight is 287 g/mol. The van der Waals surface area contributed by atoms with Crippen LogP contribution in [0.2, 0.25) is 0 Å². The summed E-state index contributed by atoms with van der Waals surface area (Å²) in [5, 5.41) is 17.7. The smallest absolute Gasteiger partial charge is 0.243 e. The Kier molecular flexibility index (Phi) is 3.83. The van der Waals surface area contributed by atoms with Crippen molar-refractivity contribution in [1.82, 2.24) is 15.5 Å². The second-order valence-corrected chi connectivity index (χ2v) is 7.44. The highest BCUT2D eigenvalue weighted by Gasteiger charge is 2.32. The molecular formula is C11H17N3O2S2. The Labute approximate surface area is 114 Å². The molecule has 100 valence electrons. The molecule has 7 heteroatoms. The van der Waals surface area contributed by atoms with E-state index >= 15 is 0 Å². The highest BCUT2D eigenvalue weighted by molar-refractivity contribution is 8.06. The van der Waals surface area contributed by atoms with Crippen molar-refractivity contribution in [3.63, 3.8) is 0 Å². The molecule has 2 fully saturated rings. The SMILES string of the molecule is CC1SCCSC1c1noc([C@@H]2C[C@H](O)CN2)n1. The third-order valence-electron chi connectivity index (χ3n) is 3.31. The van der Waals surface area contributed by atoms with Crippen LogP contribution in [0.25, 0.3) is 0 Å². The predicted octanol–water partition coefficient (Wildman–Crippen LogP) is 1.37. The van der Waals surface area contributed by atoms with Gasteiger partial charge in [0.1, 0.15) is 0 Å². The normalized spacial score (nSPS) is 37.0. The van der Waals surface area contributed by atoms with Gasteiger partial charge >= 0.3 is 0 Å². The molecule has 3 heterocycles. The van der Waals surface area contributed by atoms with E-state index in [1.54, 1.807) is 0 Å². The molecule has 3 rings (SSSR count). The highest BCUT2D eigenvalue weighted by atomic mass is 32.2. The van der Waals surface area contributed by atoms with Gasteiger partial charge in [-0.1, -0.05) is 12.1 Å². The fourth-order valence-corrected chi connectivity index (χ4v) is 5.01. The zero-order valence-corrected chi connectivity index (χ0v) is 11.8. The molecule has 0 saturated carbocycles. The van der Waals surface area contributed by atoms with Gasteiger partial charge in [0, 0.05) is 23.3 Å². The number of hydrogen-bond acceptors (Lipinski definition) is 7. The first-order chi connectivity index (χ1) is 8.74. The molecule has 2 unspecified atom stereocenters. The van der Waals surface area contributed by atoms with E-state index in [1.807, 2.05) is 23.5 Å². The monoisotopic (exact) mass is 287 g/mol. The maximum atomic E-state index is 9.50. The van der Waals surface area contributed by atoms with Crippen LogP contribution in [0.3, 0.4) is 0 Å². The first-order valence-corrected chi connectivity index (χ1v) is 8.32. The van der Waals surface area contributed by atoms with Crippen molar-refractivity contribution in [1.29, 1.82) is 0 Å². The van der Waals surface area contributed by atoms with Gasteiger partial charge in [-0.05, 0) is 6.42 Å². The van der Waals surface area contributed by atoms with Crippen molar-refractivity contribution in [2.45, 2.75) is 36.0 Å². The van der Waals surface area contributed by atoms with Crippen LogP contribution in [0.15, 0.2) is 4.52 Å². The van der Waals surface area contributed by atoms with E-state index in [0.717, 1.165) is 11.6 Å². The van der Waals surface area contributed by atoms with Crippen molar-refractivity contribution in [2.24, 2.45) is 0 Å². The molecule has 1 aromatic heterocycles. The summed E-state index contributed by atoms with van der Waals surface area (Å²) in [5.41, 5.74) is 0. The number of aliphatic hydroxyl groups excluding tert-OH is 1. The number of nitrogens with one attached hydrogen (secondary N) is 1. The summed E-state index contributed by atoms with van der Waals surface area (Å²) in [5.74, 6) is 3.76. The number of nitrogens with zero attached hydrogens (tertiary/aromatic N) is 2. The Bertz CT molecular complexity index is 415. The van der Waals surface area contributed by atoms with Gasteiger partial charge in [-0.3, -0.25) is 0 Å². The maximum absolute atomic E-state index is 9.50. The molecule has 0 radical (unpaired) electrons. The molecule has 0 aliphatic carbocycles. The van der Waals surface area contributed by atoms with E-state index in [2.05, 4.69) is 22.4 Å². The highest BCUT2D eigenvalue weighted by Crippen LogP contribution is 2.41. The van der Waals surface area contributed by atoms with Crippen molar-refractivity contribution in [3.8, 4) is 0 Å². The van der Waals surface area contributed by atoms with E-state index in [4.69, 9.17) is 4.52 Å². The summed E-state index contributed by atoms with van der Waals surface area (Å²) in [7, 11) is 0. The maximum Gasteiger partial charge on any atom is 0.243 e. The summed E-state index contributed by atoms with van der Waals surface area (Å²) in [6.07, 6.45) is 0.355. The third-order valence-corrected chi connectivity index (χ3v) is 6.39. The minimum Gasteiger partial charge on any atom is -0.392 e. The predicted molar refractivity (Wildman–Crippen MR) is 72.8 cm³/mol. The van der Waals surface area contributed by atoms with Crippen LogP contribution in [-0.2, 0) is 0 Å². The summed E-state index contributed by atoms with van der Waals surface area (Å²) in [6.45, 7) is 2.82. The lowest BCUT2D eigenvalue weighted by Crippen LogP contribution is -2.17. The average Bonchev–Trinajstić information content (AvgIpc) is 2.98. The molecule has 0 aromatic carbocycles. The minimum atomic E-state index is -0.302. The molecule has 2 aliphatic heterocycles. The zero-order valence-electron chi connectivity index (χ0n) is 10.2. The van der Waals surface area contributed by atoms with Gasteiger partial charge in [-0.15, -0.1) is 11.8 Å². The Morgan fingerprint density at radius 2 is 2.22 bits per heavy atom. The van der Waals surface area contributed by atoms with Crippen molar-refractivity contribution in [3.05, 3.63) is 11.7 Å². The first-order valence-electron chi connectivity index (χ1n) is 6.22. The summed E-state index contributed by atoms with van der Waals surface area (Å²) >= 11 is 3.87. The van der Waals surface area contributed by atoms with Crippen LogP contribution in [0.5, 0.6) is 0 Å². The van der Waals surface area contributed by atoms with Crippen LogP contribution in [0.4, 0.5) is 0 Å². The Morgan fingerprint density at radius 3 is 2.94 bits per heavy atom. The Balaban J connectivity index is 1.72. The molecule has 1 aromatic rings. The molecule has 0 bridgehead atoms. The van der Waals surface area contributed by atoms with Crippen LogP contribution in [0, 0.1) is 0 Å². The molecule has 4 atom stereocenters. The molecular weight excluding hydrogens is 270 g/mol. The minimum absolute atomic E-state index is 0.0119. The van der Waals surface area contributed by atoms with Crippen molar-refractivity contribution < 1.29 is 9.63 Å². The van der Waals surface area contributed by atoms with Gasteiger partial charge in [0.25, 0.3) is 0 Å². The van der Waals surface area contributed by atoms with Crippen LogP contribution in [-0.4, -0.2) is 44.7 Å². The summed E-state index contributed by atoms with van der Waals surface area (Å²) in [6, 6.07) is 0.0119. The van der Waals surface area contributed by atoms with Crippen molar-refractivity contribution in [2.75, 3.05) is 18.1 Å². The summed E-state index contributed by atoms with van der Waals surface area (Å²) in [4.78, 5) is 4.52. The fourth-order valence-electron chi connectivity index (χ4n) is 2.33. The van der Waals surface area contributed by atoms with E-state index in [0.29, 0.717) is 29.4 Å². The first kappa shape index (κ1) is 12.8. The standard InChI is InChI=1S/C11H17N3O2S2/c1-6-9(18-3-2-17-6)10-13-11(16-14-10)8-4-7(15)5-12-8/h6-9,12,15H,2-5H2,1H3/t6?,7-,8-,9?/m0/s1. The van der Waals surface area contributed by atoms with E-state index in [-0.39, 0.29) is 12.1 Å². The molecule has 5 nitrogen and oxygen atoms in total. The lowest BCUT2D eigenvalue weighted by molar-refractivity contribution is 0.191. The van der Waals surface area contributed by atoms with Gasteiger partial charge in [-0.25, -0.2) is 0 Å². The zero-order chi connectivity index (χ0) is 12.5. The number of β-amino-alcohol motifs (C(OH)–C–C–N with tert-alkyl or cyclic N) is 1. The van der Waals surface area contributed by atoms with E-state index in [1.165, 1.54) is 5.75 Å².